The van der Waals surface area contributed by atoms with Gasteiger partial charge in [-0.1, -0.05) is 59.6 Å². The van der Waals surface area contributed by atoms with Gasteiger partial charge < -0.3 is 0 Å². The molecular weight excluding hydrogens is 304 g/mol. The zero-order valence-electron chi connectivity index (χ0n) is 13.0. The Bertz CT molecular complexity index is 887. The highest BCUT2D eigenvalue weighted by molar-refractivity contribution is 6.30. The van der Waals surface area contributed by atoms with Crippen LogP contribution in [0.5, 0.6) is 0 Å². The minimum Gasteiger partial charge on any atom is -0.228 e. The first kappa shape index (κ1) is 14.4. The highest BCUT2D eigenvalue weighted by Gasteiger charge is 2.20. The van der Waals surface area contributed by atoms with Crippen LogP contribution < -0.4 is 0 Å². The summed E-state index contributed by atoms with van der Waals surface area (Å²) in [5, 5.41) is 0.586. The summed E-state index contributed by atoms with van der Waals surface area (Å²) in [7, 11) is 0. The first-order valence-electron chi connectivity index (χ1n) is 7.94. The molecule has 0 N–H and O–H groups in total. The molecule has 0 amide bonds. The molecule has 23 heavy (non-hydrogen) atoms. The Kier molecular flexibility index (Phi) is 3.62. The molecule has 1 aliphatic carbocycles. The highest BCUT2D eigenvalue weighted by Crippen LogP contribution is 2.35. The molecule has 2 aromatic carbocycles. The minimum atomic E-state index is 0.586. The van der Waals surface area contributed by atoms with Gasteiger partial charge in [0.2, 0.25) is 0 Å². The molecule has 4 rings (SSSR count). The maximum absolute atomic E-state index is 6.52. The molecule has 0 unspecified atom stereocenters. The van der Waals surface area contributed by atoms with Crippen LogP contribution in [0.15, 0.2) is 48.5 Å². The van der Waals surface area contributed by atoms with Gasteiger partial charge in [0, 0.05) is 16.7 Å². The summed E-state index contributed by atoms with van der Waals surface area (Å²) in [5.41, 5.74) is 6.81. The van der Waals surface area contributed by atoms with Crippen molar-refractivity contribution in [2.24, 2.45) is 0 Å². The Balaban J connectivity index is 1.95. The predicted octanol–water partition coefficient (Wildman–Crippen LogP) is 5.26. The van der Waals surface area contributed by atoms with Gasteiger partial charge in [-0.05, 0) is 37.8 Å². The molecule has 0 aliphatic heterocycles. The second-order valence-electron chi connectivity index (χ2n) is 6.05. The first-order valence-corrected chi connectivity index (χ1v) is 8.32. The van der Waals surface area contributed by atoms with Crippen molar-refractivity contribution in [1.29, 1.82) is 0 Å². The molecule has 3 heteroatoms. The fraction of sp³-hybridized carbons (Fsp3) is 0.200. The van der Waals surface area contributed by atoms with E-state index in [1.165, 1.54) is 16.7 Å². The summed E-state index contributed by atoms with van der Waals surface area (Å²) in [6, 6.07) is 16.7. The second kappa shape index (κ2) is 5.78. The van der Waals surface area contributed by atoms with E-state index in [4.69, 9.17) is 16.6 Å². The van der Waals surface area contributed by atoms with E-state index in [1.807, 2.05) is 12.1 Å². The average molecular weight is 321 g/mol. The Morgan fingerprint density at radius 1 is 0.957 bits per heavy atom. The Morgan fingerprint density at radius 2 is 1.83 bits per heavy atom. The van der Waals surface area contributed by atoms with Crippen LogP contribution in [0.1, 0.15) is 23.1 Å². The zero-order chi connectivity index (χ0) is 15.8. The van der Waals surface area contributed by atoms with Crippen molar-refractivity contribution in [2.45, 2.75) is 26.2 Å². The number of benzene rings is 2. The number of aromatic nitrogens is 2. The second-order valence-corrected chi connectivity index (χ2v) is 6.40. The molecule has 0 saturated heterocycles. The van der Waals surface area contributed by atoms with E-state index in [0.717, 1.165) is 36.1 Å². The zero-order valence-corrected chi connectivity index (χ0v) is 13.8. The van der Waals surface area contributed by atoms with Crippen LogP contribution >= 0.6 is 11.6 Å². The van der Waals surface area contributed by atoms with Crippen molar-refractivity contribution in [3.8, 4) is 22.6 Å². The number of hydrogen-bond acceptors (Lipinski definition) is 2. The fourth-order valence-electron chi connectivity index (χ4n) is 3.24. The monoisotopic (exact) mass is 320 g/mol. The van der Waals surface area contributed by atoms with Gasteiger partial charge in [-0.15, -0.1) is 0 Å². The van der Waals surface area contributed by atoms with Gasteiger partial charge in [0.15, 0.2) is 5.82 Å². The van der Waals surface area contributed by atoms with E-state index in [9.17, 15) is 0 Å². The van der Waals surface area contributed by atoms with Crippen LogP contribution in [-0.4, -0.2) is 9.97 Å². The van der Waals surface area contributed by atoms with Crippen LogP contribution in [0, 0.1) is 6.92 Å². The number of aryl methyl sites for hydroxylation is 2. The smallest absolute Gasteiger partial charge is 0.161 e. The summed E-state index contributed by atoms with van der Waals surface area (Å²) < 4.78 is 0. The maximum atomic E-state index is 6.52. The number of fused-ring (bicyclic) bond motifs is 3. The van der Waals surface area contributed by atoms with Gasteiger partial charge in [0.25, 0.3) is 0 Å². The Hall–Kier alpha value is -2.19. The van der Waals surface area contributed by atoms with Crippen LogP contribution in [0.25, 0.3) is 22.6 Å². The van der Waals surface area contributed by atoms with Gasteiger partial charge in [-0.25, -0.2) is 9.97 Å². The third-order valence-electron chi connectivity index (χ3n) is 4.38. The molecule has 0 fully saturated rings. The van der Waals surface area contributed by atoms with E-state index in [0.29, 0.717) is 11.0 Å². The quantitative estimate of drug-likeness (QED) is 0.571. The van der Waals surface area contributed by atoms with Crippen LogP contribution in [0.3, 0.4) is 0 Å². The van der Waals surface area contributed by atoms with Gasteiger partial charge >= 0.3 is 0 Å². The van der Waals surface area contributed by atoms with E-state index < -0.39 is 0 Å². The lowest BCUT2D eigenvalue weighted by molar-refractivity contribution is 0.829. The molecule has 114 valence electrons. The summed E-state index contributed by atoms with van der Waals surface area (Å²) in [6.45, 7) is 2.07. The first-order chi connectivity index (χ1) is 11.2. The topological polar surface area (TPSA) is 25.8 Å². The summed E-state index contributed by atoms with van der Waals surface area (Å²) in [4.78, 5) is 9.46. The van der Waals surface area contributed by atoms with Crippen molar-refractivity contribution in [3.63, 3.8) is 0 Å². The SMILES string of the molecule is Cc1cccc(-c2nc(Cl)c3c(n2)-c2ccccc2CCC3)c1. The van der Waals surface area contributed by atoms with Crippen molar-refractivity contribution in [1.82, 2.24) is 9.97 Å². The van der Waals surface area contributed by atoms with Crippen molar-refractivity contribution >= 4 is 11.6 Å². The molecule has 0 saturated carbocycles. The summed E-state index contributed by atoms with van der Waals surface area (Å²) in [6.07, 6.45) is 3.07. The lowest BCUT2D eigenvalue weighted by Gasteiger charge is -2.12. The van der Waals surface area contributed by atoms with Crippen molar-refractivity contribution < 1.29 is 0 Å². The standard InChI is InChI=1S/C20H17ClN2/c1-13-6-4-9-15(12-13)20-22-18-16-10-3-2-7-14(16)8-5-11-17(18)19(21)23-20/h2-4,6-7,9-10,12H,5,8,11H2,1H3. The van der Waals surface area contributed by atoms with Gasteiger partial charge in [0.1, 0.15) is 5.15 Å². The molecule has 1 aromatic heterocycles. The maximum Gasteiger partial charge on any atom is 0.161 e. The van der Waals surface area contributed by atoms with E-state index in [2.05, 4.69) is 48.3 Å². The normalized spacial score (nSPS) is 13.1. The molecule has 0 radical (unpaired) electrons. The summed E-state index contributed by atoms with van der Waals surface area (Å²) in [5.74, 6) is 0.703. The summed E-state index contributed by atoms with van der Waals surface area (Å²) >= 11 is 6.52. The molecule has 0 bridgehead atoms. The minimum absolute atomic E-state index is 0.586. The molecule has 2 nitrogen and oxygen atoms in total. The van der Waals surface area contributed by atoms with Gasteiger partial charge in [-0.3, -0.25) is 0 Å². The highest BCUT2D eigenvalue weighted by atomic mass is 35.5. The number of hydrogen-bond donors (Lipinski definition) is 0. The molecule has 1 aliphatic rings. The third-order valence-corrected chi connectivity index (χ3v) is 4.69. The molecular formula is C20H17ClN2. The lowest BCUT2D eigenvalue weighted by atomic mass is 10.0. The van der Waals surface area contributed by atoms with Crippen molar-refractivity contribution in [2.75, 3.05) is 0 Å². The predicted molar refractivity (Wildman–Crippen MR) is 94.7 cm³/mol. The van der Waals surface area contributed by atoms with E-state index in [1.54, 1.807) is 0 Å². The van der Waals surface area contributed by atoms with E-state index in [-0.39, 0.29) is 0 Å². The van der Waals surface area contributed by atoms with E-state index >= 15 is 0 Å². The van der Waals surface area contributed by atoms with Gasteiger partial charge in [-0.2, -0.15) is 0 Å². The van der Waals surface area contributed by atoms with Crippen LogP contribution in [0.2, 0.25) is 5.15 Å². The number of halogens is 1. The third kappa shape index (κ3) is 2.64. The van der Waals surface area contributed by atoms with Crippen LogP contribution in [-0.2, 0) is 12.8 Å². The molecule has 1 heterocycles. The van der Waals surface area contributed by atoms with Crippen molar-refractivity contribution in [3.05, 3.63) is 70.4 Å². The largest absolute Gasteiger partial charge is 0.228 e. The Morgan fingerprint density at radius 3 is 2.70 bits per heavy atom. The number of nitrogens with zero attached hydrogens (tertiary/aromatic N) is 2. The Labute approximate surface area is 141 Å². The number of rotatable bonds is 1. The van der Waals surface area contributed by atoms with Crippen LogP contribution in [0.4, 0.5) is 0 Å². The average Bonchev–Trinajstić information content (AvgIpc) is 2.75. The lowest BCUT2D eigenvalue weighted by Crippen LogP contribution is -2.00. The molecule has 0 atom stereocenters. The molecule has 3 aromatic rings. The fourth-order valence-corrected chi connectivity index (χ4v) is 3.50. The molecule has 0 spiro atoms. The van der Waals surface area contributed by atoms with Gasteiger partial charge in [0.05, 0.1) is 5.69 Å².